The molecule has 0 saturated carbocycles. The van der Waals surface area contributed by atoms with Gasteiger partial charge in [0, 0.05) is 6.07 Å². The molecule has 0 heterocycles. The van der Waals surface area contributed by atoms with Crippen molar-refractivity contribution in [2.75, 3.05) is 12.0 Å². The van der Waals surface area contributed by atoms with Gasteiger partial charge in [0.05, 0.1) is 4.92 Å². The fourth-order valence-corrected chi connectivity index (χ4v) is 3.42. The standard InChI is InChI=1S/C11H14N2O6S2/c1-20-7-6-8(11(14)15)12-21(18,19)10-5-3-2-4-9(10)13(16)17/h2-5,8,12H,6-7H2,1H3,(H,14,15)/t8-/m0/s1. The number of rotatable bonds is 8. The van der Waals surface area contributed by atoms with Crippen molar-refractivity contribution in [2.45, 2.75) is 17.4 Å². The molecule has 116 valence electrons. The molecule has 0 amide bonds. The van der Waals surface area contributed by atoms with Crippen LogP contribution in [0, 0.1) is 10.1 Å². The predicted molar refractivity (Wildman–Crippen MR) is 77.8 cm³/mol. The Morgan fingerprint density at radius 1 is 1.48 bits per heavy atom. The van der Waals surface area contributed by atoms with Crippen molar-refractivity contribution in [3.05, 3.63) is 34.4 Å². The van der Waals surface area contributed by atoms with Crippen molar-refractivity contribution in [1.29, 1.82) is 0 Å². The number of nitrogens with zero attached hydrogens (tertiary/aromatic N) is 1. The van der Waals surface area contributed by atoms with E-state index < -0.39 is 37.5 Å². The van der Waals surface area contributed by atoms with Gasteiger partial charge in [0.15, 0.2) is 4.90 Å². The first-order chi connectivity index (χ1) is 9.79. The van der Waals surface area contributed by atoms with E-state index in [4.69, 9.17) is 5.11 Å². The minimum absolute atomic E-state index is 0.0797. The van der Waals surface area contributed by atoms with Gasteiger partial charge in [0.1, 0.15) is 6.04 Å². The molecule has 1 rings (SSSR count). The average Bonchev–Trinajstić information content (AvgIpc) is 2.43. The van der Waals surface area contributed by atoms with E-state index in [2.05, 4.69) is 0 Å². The molecule has 21 heavy (non-hydrogen) atoms. The highest BCUT2D eigenvalue weighted by Gasteiger charge is 2.30. The Kier molecular flexibility index (Phi) is 6.12. The third-order valence-electron chi connectivity index (χ3n) is 2.56. The van der Waals surface area contributed by atoms with Gasteiger partial charge in [0.2, 0.25) is 10.0 Å². The molecule has 0 aliphatic carbocycles. The summed E-state index contributed by atoms with van der Waals surface area (Å²) in [6.45, 7) is 0. The van der Waals surface area contributed by atoms with Crippen LogP contribution in [0.4, 0.5) is 5.69 Å². The van der Waals surface area contributed by atoms with Gasteiger partial charge < -0.3 is 5.11 Å². The number of nitro groups is 1. The van der Waals surface area contributed by atoms with E-state index >= 15 is 0 Å². The summed E-state index contributed by atoms with van der Waals surface area (Å²) < 4.78 is 26.3. The van der Waals surface area contributed by atoms with Crippen molar-refractivity contribution in [3.8, 4) is 0 Å². The van der Waals surface area contributed by atoms with Gasteiger partial charge in [-0.2, -0.15) is 16.5 Å². The van der Waals surface area contributed by atoms with Gasteiger partial charge >= 0.3 is 5.97 Å². The topological polar surface area (TPSA) is 127 Å². The van der Waals surface area contributed by atoms with Crippen LogP contribution in [-0.2, 0) is 14.8 Å². The maximum Gasteiger partial charge on any atom is 0.321 e. The number of carboxylic acids is 1. The number of aliphatic carboxylic acids is 1. The number of benzene rings is 1. The lowest BCUT2D eigenvalue weighted by Gasteiger charge is -2.14. The molecule has 0 unspecified atom stereocenters. The van der Waals surface area contributed by atoms with E-state index in [1.165, 1.54) is 23.9 Å². The van der Waals surface area contributed by atoms with Crippen LogP contribution in [0.1, 0.15) is 6.42 Å². The summed E-state index contributed by atoms with van der Waals surface area (Å²) >= 11 is 1.37. The summed E-state index contributed by atoms with van der Waals surface area (Å²) in [5.41, 5.74) is -0.598. The third-order valence-corrected chi connectivity index (χ3v) is 4.72. The van der Waals surface area contributed by atoms with E-state index in [-0.39, 0.29) is 6.42 Å². The van der Waals surface area contributed by atoms with Crippen molar-refractivity contribution in [1.82, 2.24) is 4.72 Å². The van der Waals surface area contributed by atoms with Gasteiger partial charge in [-0.3, -0.25) is 14.9 Å². The maximum atomic E-state index is 12.1. The molecule has 1 atom stereocenters. The van der Waals surface area contributed by atoms with Crippen LogP contribution in [0.15, 0.2) is 29.2 Å². The average molecular weight is 334 g/mol. The molecule has 0 aromatic heterocycles. The third kappa shape index (κ3) is 4.69. The highest BCUT2D eigenvalue weighted by Crippen LogP contribution is 2.23. The smallest absolute Gasteiger partial charge is 0.321 e. The first-order valence-electron chi connectivity index (χ1n) is 5.77. The second-order valence-electron chi connectivity index (χ2n) is 4.02. The summed E-state index contributed by atoms with van der Waals surface area (Å²) in [6, 6.07) is 3.45. The molecular formula is C11H14N2O6S2. The van der Waals surface area contributed by atoms with E-state index in [0.29, 0.717) is 5.75 Å². The molecule has 0 aliphatic heterocycles. The van der Waals surface area contributed by atoms with Crippen LogP contribution < -0.4 is 4.72 Å². The number of para-hydroxylation sites is 1. The molecule has 1 aromatic rings. The number of hydrogen-bond donors (Lipinski definition) is 2. The molecule has 0 saturated heterocycles. The summed E-state index contributed by atoms with van der Waals surface area (Å²) in [5.74, 6) is -0.887. The van der Waals surface area contributed by atoms with Crippen LogP contribution in [0.25, 0.3) is 0 Å². The van der Waals surface area contributed by atoms with Crippen LogP contribution in [0.5, 0.6) is 0 Å². The molecule has 1 aromatic carbocycles. The van der Waals surface area contributed by atoms with Gasteiger partial charge in [-0.25, -0.2) is 8.42 Å². The van der Waals surface area contributed by atoms with Crippen molar-refractivity contribution in [3.63, 3.8) is 0 Å². The Balaban J connectivity index is 3.11. The Bertz CT molecular complexity index is 631. The fraction of sp³-hybridized carbons (Fsp3) is 0.364. The molecular weight excluding hydrogens is 320 g/mol. The number of sulfonamides is 1. The van der Waals surface area contributed by atoms with Crippen LogP contribution >= 0.6 is 11.8 Å². The zero-order valence-electron chi connectivity index (χ0n) is 11.1. The lowest BCUT2D eigenvalue weighted by atomic mass is 10.2. The van der Waals surface area contributed by atoms with Gasteiger partial charge in [-0.05, 0) is 24.5 Å². The number of carbonyl (C=O) groups is 1. The summed E-state index contributed by atoms with van der Waals surface area (Å²) in [4.78, 5) is 20.5. The van der Waals surface area contributed by atoms with Crippen molar-refractivity contribution in [2.24, 2.45) is 0 Å². The zero-order valence-corrected chi connectivity index (χ0v) is 12.7. The predicted octanol–water partition coefficient (Wildman–Crippen LogP) is 1.08. The second-order valence-corrected chi connectivity index (χ2v) is 6.69. The molecule has 0 radical (unpaired) electrons. The molecule has 0 aliphatic rings. The molecule has 10 heteroatoms. The Hall–Kier alpha value is -1.65. The lowest BCUT2D eigenvalue weighted by molar-refractivity contribution is -0.387. The fourth-order valence-electron chi connectivity index (χ4n) is 1.55. The number of nitrogens with one attached hydrogen (secondary N) is 1. The first-order valence-corrected chi connectivity index (χ1v) is 8.64. The van der Waals surface area contributed by atoms with Crippen molar-refractivity contribution < 1.29 is 23.2 Å². The quantitative estimate of drug-likeness (QED) is 0.538. The van der Waals surface area contributed by atoms with Gasteiger partial charge in [-0.1, -0.05) is 12.1 Å². The van der Waals surface area contributed by atoms with Gasteiger partial charge in [0.25, 0.3) is 5.69 Å². The highest BCUT2D eigenvalue weighted by atomic mass is 32.2. The zero-order chi connectivity index (χ0) is 16.0. The van der Waals surface area contributed by atoms with E-state index in [0.717, 1.165) is 12.1 Å². The minimum atomic E-state index is -4.29. The Morgan fingerprint density at radius 2 is 2.10 bits per heavy atom. The summed E-state index contributed by atoms with van der Waals surface area (Å²) in [7, 11) is -4.29. The molecule has 0 spiro atoms. The normalized spacial score (nSPS) is 12.8. The number of carboxylic acid groups (broad SMARTS) is 1. The van der Waals surface area contributed by atoms with E-state index in [1.54, 1.807) is 6.26 Å². The van der Waals surface area contributed by atoms with Crippen LogP contribution in [-0.4, -0.2) is 42.5 Å². The molecule has 0 bridgehead atoms. The summed E-state index contributed by atoms with van der Waals surface area (Å²) in [5, 5.41) is 19.9. The molecule has 2 N–H and O–H groups in total. The number of nitro benzene ring substituents is 1. The minimum Gasteiger partial charge on any atom is -0.480 e. The van der Waals surface area contributed by atoms with Crippen molar-refractivity contribution >= 4 is 33.4 Å². The van der Waals surface area contributed by atoms with E-state index in [1.807, 2.05) is 4.72 Å². The molecule has 8 nitrogen and oxygen atoms in total. The first kappa shape index (κ1) is 17.4. The number of hydrogen-bond acceptors (Lipinski definition) is 6. The SMILES string of the molecule is CSCC[C@H](NS(=O)(=O)c1ccccc1[N+](=O)[O-])C(=O)O. The number of thioether (sulfide) groups is 1. The van der Waals surface area contributed by atoms with Gasteiger partial charge in [-0.15, -0.1) is 0 Å². The highest BCUT2D eigenvalue weighted by molar-refractivity contribution is 7.98. The monoisotopic (exact) mass is 334 g/mol. The largest absolute Gasteiger partial charge is 0.480 e. The molecule has 0 fully saturated rings. The van der Waals surface area contributed by atoms with Crippen LogP contribution in [0.3, 0.4) is 0 Å². The Morgan fingerprint density at radius 3 is 2.62 bits per heavy atom. The Labute approximate surface area is 125 Å². The lowest BCUT2D eigenvalue weighted by Crippen LogP contribution is -2.41. The van der Waals surface area contributed by atoms with Crippen LogP contribution in [0.2, 0.25) is 0 Å². The second kappa shape index (κ2) is 7.38. The maximum absolute atomic E-state index is 12.1. The van der Waals surface area contributed by atoms with E-state index in [9.17, 15) is 23.3 Å². The summed E-state index contributed by atoms with van der Waals surface area (Å²) in [6.07, 6.45) is 1.84.